The number of guanidine groups is 1. The summed E-state index contributed by atoms with van der Waals surface area (Å²) in [6, 6.07) is 16.8. The zero-order chi connectivity index (χ0) is 18.4. The first-order valence-corrected chi connectivity index (χ1v) is 8.65. The van der Waals surface area contributed by atoms with E-state index in [4.69, 9.17) is 5.26 Å². The molecular formula is C20H22FN5. The van der Waals surface area contributed by atoms with Gasteiger partial charge in [-0.1, -0.05) is 18.2 Å². The van der Waals surface area contributed by atoms with Crippen molar-refractivity contribution in [2.24, 2.45) is 4.99 Å². The van der Waals surface area contributed by atoms with Gasteiger partial charge in [-0.2, -0.15) is 5.26 Å². The molecule has 0 aliphatic carbocycles. The van der Waals surface area contributed by atoms with Crippen molar-refractivity contribution in [3.8, 4) is 6.07 Å². The summed E-state index contributed by atoms with van der Waals surface area (Å²) < 4.78 is 13.9. The van der Waals surface area contributed by atoms with Gasteiger partial charge in [-0.25, -0.2) is 4.39 Å². The fourth-order valence-corrected chi connectivity index (χ4v) is 3.10. The van der Waals surface area contributed by atoms with Crippen LogP contribution in [0.3, 0.4) is 0 Å². The quantitative estimate of drug-likeness (QED) is 0.682. The predicted octanol–water partition coefficient (Wildman–Crippen LogP) is 2.59. The molecule has 1 fully saturated rings. The largest absolute Gasteiger partial charge is 0.368 e. The second kappa shape index (κ2) is 8.34. The van der Waals surface area contributed by atoms with Crippen molar-refractivity contribution < 1.29 is 4.39 Å². The minimum absolute atomic E-state index is 0.299. The molecule has 3 rings (SSSR count). The molecule has 0 saturated carbocycles. The number of hydrogen-bond donors (Lipinski definition) is 1. The lowest BCUT2D eigenvalue weighted by Gasteiger charge is -2.37. The Balaban J connectivity index is 1.58. The molecule has 5 nitrogen and oxygen atoms in total. The van der Waals surface area contributed by atoms with Crippen LogP contribution in [-0.2, 0) is 6.54 Å². The lowest BCUT2D eigenvalue weighted by Crippen LogP contribution is -2.52. The highest BCUT2D eigenvalue weighted by Gasteiger charge is 2.19. The fraction of sp³-hybridized carbons (Fsp3) is 0.300. The Morgan fingerprint density at radius 1 is 1.15 bits per heavy atom. The number of rotatable bonds is 3. The van der Waals surface area contributed by atoms with Crippen LogP contribution in [0.4, 0.5) is 10.1 Å². The van der Waals surface area contributed by atoms with E-state index in [0.29, 0.717) is 17.7 Å². The molecule has 0 atom stereocenters. The molecule has 6 heteroatoms. The first-order chi connectivity index (χ1) is 12.7. The smallest absolute Gasteiger partial charge is 0.194 e. The molecule has 0 aromatic heterocycles. The second-order valence-corrected chi connectivity index (χ2v) is 6.13. The van der Waals surface area contributed by atoms with E-state index in [0.717, 1.165) is 32.1 Å². The van der Waals surface area contributed by atoms with E-state index in [1.165, 1.54) is 17.8 Å². The number of nitrogens with one attached hydrogen (secondary N) is 1. The Bertz CT molecular complexity index is 805. The molecule has 134 valence electrons. The minimum Gasteiger partial charge on any atom is -0.368 e. The van der Waals surface area contributed by atoms with Crippen molar-refractivity contribution in [2.45, 2.75) is 6.54 Å². The van der Waals surface area contributed by atoms with E-state index in [2.05, 4.69) is 32.2 Å². The van der Waals surface area contributed by atoms with Gasteiger partial charge in [-0.05, 0) is 30.3 Å². The van der Waals surface area contributed by atoms with Gasteiger partial charge in [0.05, 0.1) is 11.6 Å². The van der Waals surface area contributed by atoms with Gasteiger partial charge >= 0.3 is 0 Å². The predicted molar refractivity (Wildman–Crippen MR) is 102 cm³/mol. The zero-order valence-electron chi connectivity index (χ0n) is 14.8. The Kier molecular flexibility index (Phi) is 5.69. The molecule has 2 aromatic carbocycles. The third-order valence-electron chi connectivity index (χ3n) is 4.52. The lowest BCUT2D eigenvalue weighted by atomic mass is 10.1. The Labute approximate surface area is 153 Å². The highest BCUT2D eigenvalue weighted by molar-refractivity contribution is 5.80. The van der Waals surface area contributed by atoms with Gasteiger partial charge in [0.15, 0.2) is 5.96 Å². The summed E-state index contributed by atoms with van der Waals surface area (Å²) >= 11 is 0. The Morgan fingerprint density at radius 3 is 2.54 bits per heavy atom. The van der Waals surface area contributed by atoms with E-state index in [9.17, 15) is 4.39 Å². The molecule has 1 N–H and O–H groups in total. The topological polar surface area (TPSA) is 54.7 Å². The number of anilines is 1. The summed E-state index contributed by atoms with van der Waals surface area (Å²) in [5, 5.41) is 12.2. The number of benzene rings is 2. The fourth-order valence-electron chi connectivity index (χ4n) is 3.10. The summed E-state index contributed by atoms with van der Waals surface area (Å²) in [4.78, 5) is 8.84. The molecule has 0 bridgehead atoms. The normalized spacial score (nSPS) is 14.9. The molecule has 0 spiro atoms. The molecule has 2 aromatic rings. The van der Waals surface area contributed by atoms with Crippen molar-refractivity contribution in [1.29, 1.82) is 5.26 Å². The van der Waals surface area contributed by atoms with Gasteiger partial charge in [0.25, 0.3) is 0 Å². The van der Waals surface area contributed by atoms with E-state index in [-0.39, 0.29) is 5.82 Å². The molecular weight excluding hydrogens is 329 g/mol. The van der Waals surface area contributed by atoms with Crippen LogP contribution in [0.15, 0.2) is 53.5 Å². The van der Waals surface area contributed by atoms with Gasteiger partial charge in [0.2, 0.25) is 0 Å². The number of hydrogen-bond acceptors (Lipinski definition) is 3. The van der Waals surface area contributed by atoms with Crippen molar-refractivity contribution >= 4 is 11.6 Å². The van der Waals surface area contributed by atoms with Crippen LogP contribution in [0.5, 0.6) is 0 Å². The second-order valence-electron chi connectivity index (χ2n) is 6.13. The standard InChI is InChI=1S/C20H22FN5/c1-23-20(24-15-17-13-16(14-22)7-8-19(17)21)26-11-9-25(10-12-26)18-5-3-2-4-6-18/h2-8,13H,9-12,15H2,1H3,(H,23,24). The van der Waals surface area contributed by atoms with Gasteiger partial charge < -0.3 is 15.1 Å². The molecule has 1 saturated heterocycles. The van der Waals surface area contributed by atoms with E-state index >= 15 is 0 Å². The first-order valence-electron chi connectivity index (χ1n) is 8.65. The highest BCUT2D eigenvalue weighted by Crippen LogP contribution is 2.16. The Hall–Kier alpha value is -3.07. The molecule has 1 aliphatic heterocycles. The molecule has 0 unspecified atom stereocenters. The summed E-state index contributed by atoms with van der Waals surface area (Å²) in [6.45, 7) is 3.80. The van der Waals surface area contributed by atoms with Gasteiger partial charge in [-0.3, -0.25) is 4.99 Å². The van der Waals surface area contributed by atoms with Gasteiger partial charge in [0, 0.05) is 51.0 Å². The zero-order valence-corrected chi connectivity index (χ0v) is 14.8. The number of aliphatic imine (C=N–C) groups is 1. The summed E-state index contributed by atoms with van der Waals surface area (Å²) in [6.07, 6.45) is 0. The molecule has 26 heavy (non-hydrogen) atoms. The van der Waals surface area contributed by atoms with Crippen LogP contribution >= 0.6 is 0 Å². The Morgan fingerprint density at radius 2 is 1.88 bits per heavy atom. The SMILES string of the molecule is CN=C(NCc1cc(C#N)ccc1F)N1CCN(c2ccccc2)CC1. The van der Waals surface area contributed by atoms with Crippen molar-refractivity contribution in [2.75, 3.05) is 38.1 Å². The number of para-hydroxylation sites is 1. The maximum Gasteiger partial charge on any atom is 0.194 e. The monoisotopic (exact) mass is 351 g/mol. The summed E-state index contributed by atoms with van der Waals surface area (Å²) in [7, 11) is 1.73. The summed E-state index contributed by atoms with van der Waals surface area (Å²) in [5.74, 6) is 0.431. The maximum absolute atomic E-state index is 13.9. The van der Waals surface area contributed by atoms with Crippen molar-refractivity contribution in [1.82, 2.24) is 10.2 Å². The lowest BCUT2D eigenvalue weighted by molar-refractivity contribution is 0.372. The van der Waals surface area contributed by atoms with E-state index in [1.54, 1.807) is 13.1 Å². The average Bonchev–Trinajstić information content (AvgIpc) is 2.71. The van der Waals surface area contributed by atoms with E-state index in [1.807, 2.05) is 24.3 Å². The van der Waals surface area contributed by atoms with Crippen LogP contribution in [0.25, 0.3) is 0 Å². The number of halogens is 1. The average molecular weight is 351 g/mol. The van der Waals surface area contributed by atoms with Gasteiger partial charge in [-0.15, -0.1) is 0 Å². The van der Waals surface area contributed by atoms with Gasteiger partial charge in [0.1, 0.15) is 5.82 Å². The van der Waals surface area contributed by atoms with Crippen LogP contribution in [0, 0.1) is 17.1 Å². The highest BCUT2D eigenvalue weighted by atomic mass is 19.1. The molecule has 0 radical (unpaired) electrons. The third kappa shape index (κ3) is 4.12. The van der Waals surface area contributed by atoms with Crippen LogP contribution in [0.1, 0.15) is 11.1 Å². The third-order valence-corrected chi connectivity index (χ3v) is 4.52. The minimum atomic E-state index is -0.319. The molecule has 1 aliphatic rings. The van der Waals surface area contributed by atoms with E-state index < -0.39 is 0 Å². The number of piperazine rings is 1. The van der Waals surface area contributed by atoms with Crippen LogP contribution < -0.4 is 10.2 Å². The first kappa shape index (κ1) is 17.7. The summed E-state index contributed by atoms with van der Waals surface area (Å²) in [5.41, 5.74) is 2.15. The molecule has 1 heterocycles. The number of nitrogens with zero attached hydrogens (tertiary/aromatic N) is 4. The van der Waals surface area contributed by atoms with Crippen molar-refractivity contribution in [3.05, 3.63) is 65.5 Å². The van der Waals surface area contributed by atoms with Crippen LogP contribution in [-0.4, -0.2) is 44.1 Å². The molecule has 0 amide bonds. The maximum atomic E-state index is 13.9. The van der Waals surface area contributed by atoms with Crippen LogP contribution in [0.2, 0.25) is 0 Å². The van der Waals surface area contributed by atoms with Crippen molar-refractivity contribution in [3.63, 3.8) is 0 Å². The number of nitriles is 1.